The highest BCUT2D eigenvalue weighted by molar-refractivity contribution is 5.97. The number of aromatic nitrogens is 4. The largest absolute Gasteiger partial charge is 0.480 e. The Morgan fingerprint density at radius 3 is 2.49 bits per heavy atom. The lowest BCUT2D eigenvalue weighted by Gasteiger charge is -2.14. The first-order valence-corrected chi connectivity index (χ1v) is 13.3. The maximum absolute atomic E-state index is 12.6. The predicted octanol–water partition coefficient (Wildman–Crippen LogP) is 1.66. The number of nitrogen functional groups attached to an aromatic ring is 1. The second kappa shape index (κ2) is 16.0. The second-order valence-electron chi connectivity index (χ2n) is 9.19. The number of carbonyl (C=O) groups is 3. The SMILES string of the molecule is CCCOCCOCCCC(=O)CC[C@H](NC(=O)c1ccc(NCc2cnc3nc(N)[nH]c(=O)c3n2)cc1)C(=O)O. The molecule has 220 valence electrons. The molecule has 3 rings (SSSR count). The number of carbonyl (C=O) groups excluding carboxylic acids is 2. The van der Waals surface area contributed by atoms with Crippen molar-refractivity contribution in [1.82, 2.24) is 25.3 Å². The van der Waals surface area contributed by atoms with E-state index in [9.17, 15) is 24.3 Å². The van der Waals surface area contributed by atoms with Gasteiger partial charge in [0.25, 0.3) is 11.5 Å². The Hall–Kier alpha value is -4.43. The van der Waals surface area contributed by atoms with Crippen LogP contribution in [-0.4, -0.2) is 75.2 Å². The Kier molecular flexibility index (Phi) is 12.1. The van der Waals surface area contributed by atoms with Crippen molar-refractivity contribution in [2.24, 2.45) is 0 Å². The average Bonchev–Trinajstić information content (AvgIpc) is 2.95. The zero-order valence-electron chi connectivity index (χ0n) is 22.9. The topological polar surface area (TPSA) is 212 Å². The molecule has 0 unspecified atom stereocenters. The number of hydrogen-bond acceptors (Lipinski definition) is 11. The highest BCUT2D eigenvalue weighted by atomic mass is 16.5. The van der Waals surface area contributed by atoms with Crippen LogP contribution >= 0.6 is 0 Å². The molecule has 14 nitrogen and oxygen atoms in total. The van der Waals surface area contributed by atoms with Crippen LogP contribution in [0.1, 0.15) is 55.1 Å². The lowest BCUT2D eigenvalue weighted by molar-refractivity contribution is -0.139. The molecule has 0 saturated heterocycles. The van der Waals surface area contributed by atoms with E-state index in [1.54, 1.807) is 24.3 Å². The molecule has 41 heavy (non-hydrogen) atoms. The molecule has 1 aromatic carbocycles. The third-order valence-corrected chi connectivity index (χ3v) is 5.89. The van der Waals surface area contributed by atoms with Crippen LogP contribution in [0.15, 0.2) is 35.3 Å². The van der Waals surface area contributed by atoms with Gasteiger partial charge in [-0.3, -0.25) is 19.4 Å². The van der Waals surface area contributed by atoms with Gasteiger partial charge in [-0.2, -0.15) is 4.98 Å². The Morgan fingerprint density at radius 1 is 1.05 bits per heavy atom. The van der Waals surface area contributed by atoms with E-state index in [0.29, 0.717) is 44.2 Å². The lowest BCUT2D eigenvalue weighted by Crippen LogP contribution is -2.41. The molecule has 0 aliphatic heterocycles. The first-order valence-electron chi connectivity index (χ1n) is 13.3. The number of ether oxygens (including phenoxy) is 2. The average molecular weight is 570 g/mol. The normalized spacial score (nSPS) is 11.7. The third-order valence-electron chi connectivity index (χ3n) is 5.89. The lowest BCUT2D eigenvalue weighted by atomic mass is 10.1. The van der Waals surface area contributed by atoms with E-state index in [4.69, 9.17) is 15.2 Å². The standard InChI is InChI=1S/C27H35N7O7/c1-2-11-40-13-14-41-12-3-4-20(35)9-10-21(26(38)39)32-24(36)17-5-7-18(8-6-17)29-15-19-16-30-23-22(31-19)25(37)34-27(28)33-23/h5-8,16,21,29H,2-4,9-15H2,1H3,(H,32,36)(H,38,39)(H3,28,30,33,34,37)/t21-/m0/s1. The van der Waals surface area contributed by atoms with Crippen molar-refractivity contribution >= 4 is 40.5 Å². The number of anilines is 2. The first kappa shape index (κ1) is 31.1. The van der Waals surface area contributed by atoms with Gasteiger partial charge in [0.15, 0.2) is 11.2 Å². The number of ketones is 1. The summed E-state index contributed by atoms with van der Waals surface area (Å²) in [6.07, 6.45) is 3.25. The third kappa shape index (κ3) is 10.2. The first-order chi connectivity index (χ1) is 19.8. The molecule has 2 aromatic heterocycles. The number of carboxylic acids is 1. The van der Waals surface area contributed by atoms with Gasteiger partial charge in [0.1, 0.15) is 11.8 Å². The Balaban J connectivity index is 1.42. The molecule has 0 fully saturated rings. The fourth-order valence-electron chi connectivity index (χ4n) is 3.76. The molecule has 1 amide bonds. The van der Waals surface area contributed by atoms with Gasteiger partial charge in [0, 0.05) is 37.3 Å². The summed E-state index contributed by atoms with van der Waals surface area (Å²) in [6.45, 7) is 4.36. The second-order valence-corrected chi connectivity index (χ2v) is 9.19. The Labute approximate surface area is 236 Å². The van der Waals surface area contributed by atoms with E-state index in [0.717, 1.165) is 6.42 Å². The van der Waals surface area contributed by atoms with E-state index in [2.05, 4.69) is 30.6 Å². The zero-order valence-corrected chi connectivity index (χ0v) is 22.9. The summed E-state index contributed by atoms with van der Waals surface area (Å²) in [5.41, 5.74) is 6.63. The van der Waals surface area contributed by atoms with Crippen LogP contribution < -0.4 is 21.9 Å². The van der Waals surface area contributed by atoms with E-state index in [-0.39, 0.29) is 54.3 Å². The molecule has 0 spiro atoms. The van der Waals surface area contributed by atoms with Gasteiger partial charge in [-0.1, -0.05) is 6.92 Å². The quantitative estimate of drug-likeness (QED) is 0.138. The smallest absolute Gasteiger partial charge is 0.326 e. The minimum atomic E-state index is -1.21. The summed E-state index contributed by atoms with van der Waals surface area (Å²) < 4.78 is 10.7. The van der Waals surface area contributed by atoms with Crippen LogP contribution in [0.4, 0.5) is 11.6 Å². The maximum atomic E-state index is 12.6. The van der Waals surface area contributed by atoms with Crippen LogP contribution in [0.5, 0.6) is 0 Å². The van der Waals surface area contributed by atoms with E-state index in [1.165, 1.54) is 6.20 Å². The van der Waals surface area contributed by atoms with Crippen molar-refractivity contribution in [1.29, 1.82) is 0 Å². The van der Waals surface area contributed by atoms with E-state index < -0.39 is 23.5 Å². The number of aromatic amines is 1. The predicted molar refractivity (Wildman–Crippen MR) is 150 cm³/mol. The van der Waals surface area contributed by atoms with Gasteiger partial charge in [-0.05, 0) is 43.5 Å². The van der Waals surface area contributed by atoms with Crippen molar-refractivity contribution in [3.05, 3.63) is 52.1 Å². The summed E-state index contributed by atoms with van der Waals surface area (Å²) in [5, 5.41) is 15.1. The maximum Gasteiger partial charge on any atom is 0.326 e. The molecule has 0 saturated carbocycles. The molecule has 14 heteroatoms. The highest BCUT2D eigenvalue weighted by Crippen LogP contribution is 2.13. The Bertz CT molecular complexity index is 1380. The minimum absolute atomic E-state index is 0.0109. The van der Waals surface area contributed by atoms with Crippen molar-refractivity contribution in [2.45, 2.75) is 51.6 Å². The van der Waals surface area contributed by atoms with Crippen LogP contribution in [-0.2, 0) is 25.6 Å². The number of nitrogens with zero attached hydrogens (tertiary/aromatic N) is 3. The Morgan fingerprint density at radius 2 is 1.78 bits per heavy atom. The fourth-order valence-corrected chi connectivity index (χ4v) is 3.76. The number of fused-ring (bicyclic) bond motifs is 1. The van der Waals surface area contributed by atoms with E-state index >= 15 is 0 Å². The highest BCUT2D eigenvalue weighted by Gasteiger charge is 2.21. The van der Waals surface area contributed by atoms with Gasteiger partial charge in [0.2, 0.25) is 5.95 Å². The van der Waals surface area contributed by atoms with Gasteiger partial charge in [-0.25, -0.2) is 14.8 Å². The zero-order chi connectivity index (χ0) is 29.6. The summed E-state index contributed by atoms with van der Waals surface area (Å²) in [7, 11) is 0. The number of hydrogen-bond donors (Lipinski definition) is 5. The van der Waals surface area contributed by atoms with Crippen molar-refractivity contribution in [2.75, 3.05) is 37.5 Å². The number of carboxylic acid groups (broad SMARTS) is 1. The van der Waals surface area contributed by atoms with Crippen molar-refractivity contribution < 1.29 is 29.0 Å². The number of aliphatic carboxylic acids is 1. The summed E-state index contributed by atoms with van der Waals surface area (Å²) in [6, 6.07) is 5.18. The number of H-pyrrole nitrogens is 1. The van der Waals surface area contributed by atoms with Crippen LogP contribution in [0.2, 0.25) is 0 Å². The van der Waals surface area contributed by atoms with Gasteiger partial charge < -0.3 is 30.9 Å². The molecular weight excluding hydrogens is 534 g/mol. The fraction of sp³-hybridized carbons (Fsp3) is 0.444. The molecule has 1 atom stereocenters. The summed E-state index contributed by atoms with van der Waals surface area (Å²) >= 11 is 0. The molecule has 0 aliphatic rings. The molecule has 0 radical (unpaired) electrons. The van der Waals surface area contributed by atoms with Crippen molar-refractivity contribution in [3.63, 3.8) is 0 Å². The number of nitrogens with one attached hydrogen (secondary N) is 3. The van der Waals surface area contributed by atoms with E-state index in [1.807, 2.05) is 6.92 Å². The summed E-state index contributed by atoms with van der Waals surface area (Å²) in [4.78, 5) is 63.2. The molecular formula is C27H35N7O7. The molecule has 3 aromatic rings. The number of rotatable bonds is 18. The van der Waals surface area contributed by atoms with Crippen molar-refractivity contribution in [3.8, 4) is 0 Å². The summed E-state index contributed by atoms with van der Waals surface area (Å²) in [5.74, 6) is -1.92. The minimum Gasteiger partial charge on any atom is -0.480 e. The molecule has 0 aliphatic carbocycles. The molecule has 0 bridgehead atoms. The van der Waals surface area contributed by atoms with Gasteiger partial charge >= 0.3 is 5.97 Å². The number of nitrogens with two attached hydrogens (primary N) is 1. The van der Waals surface area contributed by atoms with Crippen LogP contribution in [0.3, 0.4) is 0 Å². The monoisotopic (exact) mass is 569 g/mol. The molecule has 6 N–H and O–H groups in total. The van der Waals surface area contributed by atoms with Crippen LogP contribution in [0, 0.1) is 0 Å². The van der Waals surface area contributed by atoms with Gasteiger partial charge in [-0.15, -0.1) is 0 Å². The van der Waals surface area contributed by atoms with Crippen LogP contribution in [0.25, 0.3) is 11.2 Å². The number of Topliss-reactive ketones (excluding diaryl/α,β-unsaturated/α-hetero) is 1. The number of benzene rings is 1. The van der Waals surface area contributed by atoms with Gasteiger partial charge in [0.05, 0.1) is 31.6 Å². The number of amides is 1. The molecule has 2 heterocycles.